The molecule has 0 atom stereocenters. The number of hydrogen-bond acceptors (Lipinski definition) is 3. The van der Waals surface area contributed by atoms with E-state index in [-0.39, 0.29) is 16.8 Å². The quantitative estimate of drug-likeness (QED) is 0.218. The van der Waals surface area contributed by atoms with Gasteiger partial charge in [0, 0.05) is 17.1 Å². The van der Waals surface area contributed by atoms with E-state index in [2.05, 4.69) is 22.8 Å². The molecular formula is C24H29Cl2N3O2. The van der Waals surface area contributed by atoms with Gasteiger partial charge in [-0.3, -0.25) is 9.59 Å². The summed E-state index contributed by atoms with van der Waals surface area (Å²) in [5.74, 6) is -0.419. The van der Waals surface area contributed by atoms with Gasteiger partial charge in [-0.15, -0.1) is 0 Å². The number of hydrogen-bond donors (Lipinski definition) is 2. The number of benzene rings is 2. The molecule has 0 saturated carbocycles. The van der Waals surface area contributed by atoms with Crippen LogP contribution in [0.25, 0.3) is 0 Å². The van der Waals surface area contributed by atoms with Gasteiger partial charge in [0.05, 0.1) is 16.3 Å². The van der Waals surface area contributed by atoms with E-state index in [1.54, 1.807) is 24.3 Å². The summed E-state index contributed by atoms with van der Waals surface area (Å²) in [4.78, 5) is 24.5. The summed E-state index contributed by atoms with van der Waals surface area (Å²) in [6.07, 6.45) is 7.28. The van der Waals surface area contributed by atoms with Gasteiger partial charge in [-0.25, -0.2) is 5.43 Å². The van der Waals surface area contributed by atoms with Crippen LogP contribution in [-0.4, -0.2) is 17.5 Å². The Bertz CT molecular complexity index is 929. The van der Waals surface area contributed by atoms with Crippen molar-refractivity contribution in [1.82, 2.24) is 5.43 Å². The molecule has 0 bridgehead atoms. The number of halogens is 2. The van der Waals surface area contributed by atoms with Gasteiger partial charge < -0.3 is 5.32 Å². The lowest BCUT2D eigenvalue weighted by molar-refractivity contribution is -0.121. The summed E-state index contributed by atoms with van der Waals surface area (Å²) in [5, 5.41) is 7.76. The number of nitrogens with zero attached hydrogens (tertiary/aromatic N) is 1. The van der Waals surface area contributed by atoms with E-state index < -0.39 is 0 Å². The minimum absolute atomic E-state index is 0.0864. The Morgan fingerprint density at radius 2 is 1.71 bits per heavy atom. The third kappa shape index (κ3) is 8.72. The monoisotopic (exact) mass is 461 g/mol. The summed E-state index contributed by atoms with van der Waals surface area (Å²) < 4.78 is 0. The molecule has 0 aliphatic carbocycles. The normalized spacial score (nSPS) is 11.3. The summed E-state index contributed by atoms with van der Waals surface area (Å²) in [5.41, 5.74) is 4.99. The van der Waals surface area contributed by atoms with Gasteiger partial charge in [-0.05, 0) is 49.2 Å². The molecule has 5 nitrogen and oxygen atoms in total. The van der Waals surface area contributed by atoms with Crippen molar-refractivity contribution < 1.29 is 9.59 Å². The Kier molecular flexibility index (Phi) is 10.5. The SMILES string of the molecule is CCCCCCCCC(=O)NN=C(C)c1cccc(NC(=O)c2ccc(Cl)cc2Cl)c1. The number of hydrazone groups is 1. The fraction of sp³-hybridized carbons (Fsp3) is 0.375. The maximum atomic E-state index is 12.5. The van der Waals surface area contributed by atoms with E-state index in [1.807, 2.05) is 19.1 Å². The standard InChI is InChI=1S/C24H29Cl2N3O2/c1-3-4-5-6-7-8-12-23(30)29-28-17(2)18-10-9-11-20(15-18)27-24(31)21-14-13-19(25)16-22(21)26/h9-11,13-16H,3-8,12H2,1-2H3,(H,27,31)(H,29,30). The second-order valence-corrected chi connectivity index (χ2v) is 8.25. The van der Waals surface area contributed by atoms with Crippen molar-refractivity contribution in [2.75, 3.05) is 5.32 Å². The molecule has 31 heavy (non-hydrogen) atoms. The predicted octanol–water partition coefficient (Wildman–Crippen LogP) is 6.84. The topological polar surface area (TPSA) is 70.6 Å². The Balaban J connectivity index is 1.89. The zero-order chi connectivity index (χ0) is 22.6. The number of carbonyl (C=O) groups is 2. The van der Waals surface area contributed by atoms with Crippen LogP contribution in [0.15, 0.2) is 47.6 Å². The summed E-state index contributed by atoms with van der Waals surface area (Å²) in [6.45, 7) is 3.99. The van der Waals surface area contributed by atoms with Crippen molar-refractivity contribution >= 4 is 46.4 Å². The molecule has 2 amide bonds. The molecule has 0 fully saturated rings. The Morgan fingerprint density at radius 3 is 2.45 bits per heavy atom. The average Bonchev–Trinajstić information content (AvgIpc) is 2.74. The van der Waals surface area contributed by atoms with Crippen LogP contribution in [0.1, 0.15) is 74.7 Å². The fourth-order valence-corrected chi connectivity index (χ4v) is 3.52. The molecule has 0 unspecified atom stereocenters. The summed E-state index contributed by atoms with van der Waals surface area (Å²) in [6, 6.07) is 12.0. The molecule has 0 spiro atoms. The van der Waals surface area contributed by atoms with Gasteiger partial charge in [0.1, 0.15) is 0 Å². The lowest BCUT2D eigenvalue weighted by Gasteiger charge is -2.09. The minimum Gasteiger partial charge on any atom is -0.322 e. The van der Waals surface area contributed by atoms with E-state index >= 15 is 0 Å². The van der Waals surface area contributed by atoms with Crippen LogP contribution in [0.4, 0.5) is 5.69 Å². The van der Waals surface area contributed by atoms with Crippen molar-refractivity contribution in [3.63, 3.8) is 0 Å². The van der Waals surface area contributed by atoms with Gasteiger partial charge in [0.15, 0.2) is 0 Å². The van der Waals surface area contributed by atoms with Crippen LogP contribution in [0.5, 0.6) is 0 Å². The van der Waals surface area contributed by atoms with Crippen LogP contribution in [0.2, 0.25) is 10.0 Å². The van der Waals surface area contributed by atoms with Crippen LogP contribution in [0.3, 0.4) is 0 Å². The second-order valence-electron chi connectivity index (χ2n) is 7.41. The second kappa shape index (κ2) is 13.1. The molecule has 0 radical (unpaired) electrons. The first kappa shape index (κ1) is 24.9. The lowest BCUT2D eigenvalue weighted by Crippen LogP contribution is -2.19. The molecule has 2 aromatic rings. The number of rotatable bonds is 11. The van der Waals surface area contributed by atoms with Crippen LogP contribution in [-0.2, 0) is 4.79 Å². The third-order valence-electron chi connectivity index (χ3n) is 4.82. The van der Waals surface area contributed by atoms with E-state index in [9.17, 15) is 9.59 Å². The first-order valence-corrected chi connectivity index (χ1v) is 11.4. The van der Waals surface area contributed by atoms with Gasteiger partial charge in [0.2, 0.25) is 5.91 Å². The van der Waals surface area contributed by atoms with Crippen LogP contribution in [0, 0.1) is 0 Å². The molecule has 2 rings (SSSR count). The highest BCUT2D eigenvalue weighted by Gasteiger charge is 2.11. The van der Waals surface area contributed by atoms with Crippen LogP contribution >= 0.6 is 23.2 Å². The minimum atomic E-state index is -0.333. The van der Waals surface area contributed by atoms with Crippen molar-refractivity contribution in [2.24, 2.45) is 5.10 Å². The summed E-state index contributed by atoms with van der Waals surface area (Å²) in [7, 11) is 0. The van der Waals surface area contributed by atoms with E-state index in [4.69, 9.17) is 23.2 Å². The molecule has 166 valence electrons. The molecule has 0 aromatic heterocycles. The van der Waals surface area contributed by atoms with Gasteiger partial charge in [-0.1, -0.05) is 74.4 Å². The lowest BCUT2D eigenvalue weighted by atomic mass is 10.1. The first-order valence-electron chi connectivity index (χ1n) is 10.6. The zero-order valence-corrected chi connectivity index (χ0v) is 19.5. The molecule has 2 N–H and O–H groups in total. The van der Waals surface area contributed by atoms with Crippen LogP contribution < -0.4 is 10.7 Å². The van der Waals surface area contributed by atoms with E-state index in [0.29, 0.717) is 28.4 Å². The number of unbranched alkanes of at least 4 members (excludes halogenated alkanes) is 5. The highest BCUT2D eigenvalue weighted by molar-refractivity contribution is 6.37. The Morgan fingerprint density at radius 1 is 0.968 bits per heavy atom. The maximum absolute atomic E-state index is 12.5. The van der Waals surface area contributed by atoms with Crippen molar-refractivity contribution in [3.05, 3.63) is 63.6 Å². The van der Waals surface area contributed by atoms with Crippen molar-refractivity contribution in [3.8, 4) is 0 Å². The molecule has 2 aromatic carbocycles. The average molecular weight is 462 g/mol. The zero-order valence-electron chi connectivity index (χ0n) is 18.0. The van der Waals surface area contributed by atoms with Crippen molar-refractivity contribution in [1.29, 1.82) is 0 Å². The van der Waals surface area contributed by atoms with E-state index in [1.165, 1.54) is 31.7 Å². The third-order valence-corrected chi connectivity index (χ3v) is 5.37. The van der Waals surface area contributed by atoms with Gasteiger partial charge in [-0.2, -0.15) is 5.10 Å². The van der Waals surface area contributed by atoms with Gasteiger partial charge in [0.25, 0.3) is 5.91 Å². The summed E-state index contributed by atoms with van der Waals surface area (Å²) >= 11 is 12.0. The number of carbonyl (C=O) groups excluding carboxylic acids is 2. The largest absolute Gasteiger partial charge is 0.322 e. The maximum Gasteiger partial charge on any atom is 0.257 e. The molecule has 7 heteroatoms. The highest BCUT2D eigenvalue weighted by Crippen LogP contribution is 2.22. The highest BCUT2D eigenvalue weighted by atomic mass is 35.5. The van der Waals surface area contributed by atoms with E-state index in [0.717, 1.165) is 18.4 Å². The smallest absolute Gasteiger partial charge is 0.257 e. The molecule has 0 aliphatic rings. The molecule has 0 saturated heterocycles. The van der Waals surface area contributed by atoms with Gasteiger partial charge >= 0.3 is 0 Å². The predicted molar refractivity (Wildman–Crippen MR) is 129 cm³/mol. The first-order chi connectivity index (χ1) is 14.9. The Labute approximate surface area is 194 Å². The number of anilines is 1. The molecule has 0 aliphatic heterocycles. The Hall–Kier alpha value is -2.37. The number of nitrogens with one attached hydrogen (secondary N) is 2. The fourth-order valence-electron chi connectivity index (χ4n) is 3.03. The molecular weight excluding hydrogens is 433 g/mol. The van der Waals surface area contributed by atoms with Crippen molar-refractivity contribution in [2.45, 2.75) is 58.8 Å². The molecule has 0 heterocycles. The number of amides is 2.